The van der Waals surface area contributed by atoms with Gasteiger partial charge in [-0.15, -0.1) is 0 Å². The highest BCUT2D eigenvalue weighted by atomic mass is 35.5. The normalized spacial score (nSPS) is 18.0. The zero-order valence-electron chi connectivity index (χ0n) is 11.4. The summed E-state index contributed by atoms with van der Waals surface area (Å²) in [5.74, 6) is 0.782. The Bertz CT molecular complexity index is 618. The lowest BCUT2D eigenvalue weighted by atomic mass is 10.2. The molecule has 6 heteroatoms. The lowest BCUT2D eigenvalue weighted by Gasteiger charge is -2.17. The molecule has 2 aromatic heterocycles. The van der Waals surface area contributed by atoms with E-state index in [1.807, 2.05) is 21.7 Å². The first-order chi connectivity index (χ1) is 10.2. The molecule has 1 aliphatic heterocycles. The van der Waals surface area contributed by atoms with E-state index in [9.17, 15) is 4.79 Å². The number of hydrogen-bond donors (Lipinski definition) is 0. The number of amides is 1. The van der Waals surface area contributed by atoms with E-state index in [1.54, 1.807) is 29.8 Å². The lowest BCUT2D eigenvalue weighted by Crippen LogP contribution is -2.32. The molecular weight excluding hydrogens is 308 g/mol. The summed E-state index contributed by atoms with van der Waals surface area (Å²) in [6, 6.07) is 3.74. The van der Waals surface area contributed by atoms with Gasteiger partial charge < -0.3 is 9.64 Å². The van der Waals surface area contributed by atoms with E-state index in [-0.39, 0.29) is 12.0 Å². The molecule has 3 heterocycles. The summed E-state index contributed by atoms with van der Waals surface area (Å²) in [7, 11) is 0. The van der Waals surface area contributed by atoms with Crippen LogP contribution in [-0.2, 0) is 11.2 Å². The van der Waals surface area contributed by atoms with Gasteiger partial charge in [0.2, 0.25) is 5.91 Å². The highest BCUT2D eigenvalue weighted by Gasteiger charge is 2.28. The number of halogens is 1. The van der Waals surface area contributed by atoms with Gasteiger partial charge in [0, 0.05) is 31.4 Å². The molecule has 0 aromatic carbocycles. The van der Waals surface area contributed by atoms with Crippen LogP contribution in [-0.4, -0.2) is 35.0 Å². The van der Waals surface area contributed by atoms with Crippen LogP contribution in [0.4, 0.5) is 0 Å². The molecule has 1 saturated heterocycles. The topological polar surface area (TPSA) is 42.4 Å². The van der Waals surface area contributed by atoms with Crippen LogP contribution in [0.15, 0.2) is 35.3 Å². The molecule has 0 radical (unpaired) electrons. The molecule has 1 unspecified atom stereocenters. The number of rotatable bonds is 4. The first-order valence-corrected chi connectivity index (χ1v) is 8.09. The van der Waals surface area contributed by atoms with Crippen LogP contribution < -0.4 is 4.74 Å². The van der Waals surface area contributed by atoms with Crippen molar-refractivity contribution in [1.29, 1.82) is 0 Å². The van der Waals surface area contributed by atoms with Crippen LogP contribution in [0.2, 0.25) is 5.02 Å². The fraction of sp³-hybridized carbons (Fsp3) is 0.333. The van der Waals surface area contributed by atoms with Crippen molar-refractivity contribution in [2.75, 3.05) is 13.1 Å². The van der Waals surface area contributed by atoms with Crippen molar-refractivity contribution in [3.05, 3.63) is 45.9 Å². The Balaban J connectivity index is 1.56. The van der Waals surface area contributed by atoms with Crippen molar-refractivity contribution in [3.8, 4) is 5.75 Å². The average Bonchev–Trinajstić information content (AvgIpc) is 3.13. The van der Waals surface area contributed by atoms with Crippen LogP contribution in [0.1, 0.15) is 12.0 Å². The summed E-state index contributed by atoms with van der Waals surface area (Å²) in [6.07, 6.45) is 4.50. The monoisotopic (exact) mass is 322 g/mol. The maximum atomic E-state index is 12.2. The van der Waals surface area contributed by atoms with E-state index in [2.05, 4.69) is 4.98 Å². The van der Waals surface area contributed by atoms with Gasteiger partial charge in [0.25, 0.3) is 0 Å². The molecule has 0 aliphatic carbocycles. The minimum Gasteiger partial charge on any atom is -0.487 e. The predicted molar refractivity (Wildman–Crippen MR) is 82.9 cm³/mol. The fourth-order valence-electron chi connectivity index (χ4n) is 2.37. The van der Waals surface area contributed by atoms with Crippen LogP contribution in [0.5, 0.6) is 5.75 Å². The van der Waals surface area contributed by atoms with Gasteiger partial charge in [-0.1, -0.05) is 11.6 Å². The van der Waals surface area contributed by atoms with E-state index in [0.717, 1.165) is 18.5 Å². The molecule has 1 amide bonds. The number of likely N-dealkylation sites (tertiary alicyclic amines) is 1. The highest BCUT2D eigenvalue weighted by molar-refractivity contribution is 7.08. The Hall–Kier alpha value is -1.59. The van der Waals surface area contributed by atoms with E-state index in [1.165, 1.54) is 0 Å². The summed E-state index contributed by atoms with van der Waals surface area (Å²) < 4.78 is 5.86. The second-order valence-electron chi connectivity index (χ2n) is 4.98. The van der Waals surface area contributed by atoms with Gasteiger partial charge in [0.1, 0.15) is 16.9 Å². The van der Waals surface area contributed by atoms with Crippen molar-refractivity contribution in [2.24, 2.45) is 0 Å². The van der Waals surface area contributed by atoms with E-state index < -0.39 is 0 Å². The Labute approximate surface area is 132 Å². The maximum absolute atomic E-state index is 12.2. The van der Waals surface area contributed by atoms with E-state index >= 15 is 0 Å². The molecule has 0 N–H and O–H groups in total. The smallest absolute Gasteiger partial charge is 0.227 e. The second-order valence-corrected chi connectivity index (χ2v) is 6.17. The number of pyridine rings is 1. The average molecular weight is 323 g/mol. The maximum Gasteiger partial charge on any atom is 0.227 e. The second kappa shape index (κ2) is 6.45. The summed E-state index contributed by atoms with van der Waals surface area (Å²) >= 11 is 7.64. The lowest BCUT2D eigenvalue weighted by molar-refractivity contribution is -0.129. The third-order valence-corrected chi connectivity index (χ3v) is 4.48. The number of aromatic nitrogens is 1. The number of nitrogens with zero attached hydrogens (tertiary/aromatic N) is 2. The van der Waals surface area contributed by atoms with Gasteiger partial charge >= 0.3 is 0 Å². The first kappa shape index (κ1) is 14.4. The quantitative estimate of drug-likeness (QED) is 0.869. The molecule has 4 nitrogen and oxygen atoms in total. The van der Waals surface area contributed by atoms with Crippen molar-refractivity contribution < 1.29 is 9.53 Å². The van der Waals surface area contributed by atoms with E-state index in [4.69, 9.17) is 16.3 Å². The minimum atomic E-state index is -0.00340. The summed E-state index contributed by atoms with van der Waals surface area (Å²) in [4.78, 5) is 18.0. The van der Waals surface area contributed by atoms with E-state index in [0.29, 0.717) is 23.7 Å². The molecule has 0 bridgehead atoms. The molecule has 110 valence electrons. The molecule has 0 saturated carbocycles. The van der Waals surface area contributed by atoms with Crippen molar-refractivity contribution in [1.82, 2.24) is 9.88 Å². The number of carbonyl (C=O) groups excluding carboxylic acids is 1. The zero-order valence-corrected chi connectivity index (χ0v) is 12.9. The van der Waals surface area contributed by atoms with Crippen molar-refractivity contribution in [3.63, 3.8) is 0 Å². The summed E-state index contributed by atoms with van der Waals surface area (Å²) in [5, 5.41) is 4.50. The van der Waals surface area contributed by atoms with Gasteiger partial charge in [0.05, 0.1) is 13.0 Å². The first-order valence-electron chi connectivity index (χ1n) is 6.77. The highest BCUT2D eigenvalue weighted by Crippen LogP contribution is 2.25. The Morgan fingerprint density at radius 3 is 3.19 bits per heavy atom. The third kappa shape index (κ3) is 3.54. The van der Waals surface area contributed by atoms with Gasteiger partial charge in [0.15, 0.2) is 0 Å². The number of hydrogen-bond acceptors (Lipinski definition) is 4. The van der Waals surface area contributed by atoms with Crippen LogP contribution in [0.25, 0.3) is 0 Å². The van der Waals surface area contributed by atoms with Crippen LogP contribution >= 0.6 is 22.9 Å². The fourth-order valence-corrected chi connectivity index (χ4v) is 3.20. The predicted octanol–water partition coefficient (Wildman–Crippen LogP) is 3.02. The zero-order chi connectivity index (χ0) is 14.7. The summed E-state index contributed by atoms with van der Waals surface area (Å²) in [5.41, 5.74) is 1.08. The molecule has 2 aromatic rings. The minimum absolute atomic E-state index is 0.00340. The number of carbonyl (C=O) groups is 1. The largest absolute Gasteiger partial charge is 0.487 e. The molecular formula is C15H15ClN2O2S. The molecule has 3 rings (SSSR count). The molecule has 21 heavy (non-hydrogen) atoms. The summed E-state index contributed by atoms with van der Waals surface area (Å²) in [6.45, 7) is 1.35. The molecule has 1 aliphatic rings. The van der Waals surface area contributed by atoms with Gasteiger partial charge in [-0.25, -0.2) is 0 Å². The van der Waals surface area contributed by atoms with Gasteiger partial charge in [-0.2, -0.15) is 11.3 Å². The molecule has 1 atom stereocenters. The van der Waals surface area contributed by atoms with Crippen molar-refractivity contribution >= 4 is 28.8 Å². The van der Waals surface area contributed by atoms with Gasteiger partial charge in [-0.3, -0.25) is 9.78 Å². The van der Waals surface area contributed by atoms with Crippen LogP contribution in [0, 0.1) is 0 Å². The molecule has 1 fully saturated rings. The Kier molecular flexibility index (Phi) is 4.41. The molecule has 0 spiro atoms. The Morgan fingerprint density at radius 2 is 2.43 bits per heavy atom. The van der Waals surface area contributed by atoms with Crippen molar-refractivity contribution in [2.45, 2.75) is 18.9 Å². The van der Waals surface area contributed by atoms with Crippen LogP contribution in [0.3, 0.4) is 0 Å². The third-order valence-electron chi connectivity index (χ3n) is 3.46. The van der Waals surface area contributed by atoms with Gasteiger partial charge in [-0.05, 0) is 22.4 Å². The standard InChI is InChI=1S/C15H15ClN2O2S/c16-13-8-17-4-1-14(13)20-12-2-5-18(9-12)15(19)7-11-3-6-21-10-11/h1,3-4,6,8,10,12H,2,5,7,9H2. The Morgan fingerprint density at radius 1 is 1.52 bits per heavy atom. The SMILES string of the molecule is O=C(Cc1ccsc1)N1CCC(Oc2ccncc2Cl)C1. The number of ether oxygens (including phenoxy) is 1. The number of thiophene rings is 1.